The molecule has 11 heteroatoms. The van der Waals surface area contributed by atoms with Crippen LogP contribution < -0.4 is 10.1 Å². The van der Waals surface area contributed by atoms with Gasteiger partial charge in [-0.2, -0.15) is 4.31 Å². The number of benzene rings is 1. The van der Waals surface area contributed by atoms with Crippen molar-refractivity contribution in [3.63, 3.8) is 0 Å². The molecule has 27 heavy (non-hydrogen) atoms. The minimum absolute atomic E-state index is 0.116. The number of carbonyl (C=O) groups excluding carboxylic acids is 1. The minimum atomic E-state index is -4.84. The normalized spacial score (nSPS) is 16.7. The number of nitrogens with zero attached hydrogens (tertiary/aromatic N) is 2. The number of hydrogen-bond donors (Lipinski definition) is 1. The van der Waals surface area contributed by atoms with Gasteiger partial charge in [-0.15, -0.1) is 19.8 Å². The van der Waals surface area contributed by atoms with E-state index in [1.54, 1.807) is 6.08 Å². The van der Waals surface area contributed by atoms with Crippen LogP contribution in [0.15, 0.2) is 41.8 Å². The van der Waals surface area contributed by atoms with Crippen LogP contribution in [0.3, 0.4) is 0 Å². The SMILES string of the molecule is C=CCNC(=O)CN1CCN(S(=O)(=O)c2ccc(OC(F)(F)F)cc2)CC1. The van der Waals surface area contributed by atoms with Crippen LogP contribution >= 0.6 is 0 Å². The molecule has 0 unspecified atom stereocenters. The van der Waals surface area contributed by atoms with Gasteiger partial charge in [0.1, 0.15) is 5.75 Å². The molecule has 0 saturated carbocycles. The van der Waals surface area contributed by atoms with E-state index < -0.39 is 22.1 Å². The highest BCUT2D eigenvalue weighted by Crippen LogP contribution is 2.25. The average Bonchev–Trinajstić information content (AvgIpc) is 2.59. The molecule has 0 aliphatic carbocycles. The Kier molecular flexibility index (Phi) is 6.84. The molecule has 2 rings (SSSR count). The van der Waals surface area contributed by atoms with Crippen LogP contribution in [0.5, 0.6) is 5.75 Å². The predicted molar refractivity (Wildman–Crippen MR) is 91.5 cm³/mol. The van der Waals surface area contributed by atoms with Crippen LogP contribution in [-0.2, 0) is 14.8 Å². The number of amides is 1. The Balaban J connectivity index is 1.94. The fourth-order valence-electron chi connectivity index (χ4n) is 2.54. The smallest absolute Gasteiger partial charge is 0.406 e. The lowest BCUT2D eigenvalue weighted by atomic mass is 10.3. The van der Waals surface area contributed by atoms with E-state index in [1.807, 2.05) is 4.90 Å². The number of rotatable bonds is 7. The second-order valence-electron chi connectivity index (χ2n) is 5.79. The van der Waals surface area contributed by atoms with Crippen molar-refractivity contribution in [2.75, 3.05) is 39.3 Å². The third-order valence-corrected chi connectivity index (χ3v) is 5.75. The molecule has 150 valence electrons. The van der Waals surface area contributed by atoms with Crippen molar-refractivity contribution in [2.24, 2.45) is 0 Å². The van der Waals surface area contributed by atoms with Crippen molar-refractivity contribution >= 4 is 15.9 Å². The van der Waals surface area contributed by atoms with E-state index in [4.69, 9.17) is 0 Å². The Morgan fingerprint density at radius 2 is 1.78 bits per heavy atom. The average molecular weight is 407 g/mol. The lowest BCUT2D eigenvalue weighted by Crippen LogP contribution is -2.51. The molecule has 1 amide bonds. The van der Waals surface area contributed by atoms with Gasteiger partial charge >= 0.3 is 6.36 Å². The highest BCUT2D eigenvalue weighted by Gasteiger charge is 2.32. The lowest BCUT2D eigenvalue weighted by molar-refractivity contribution is -0.274. The van der Waals surface area contributed by atoms with Crippen molar-refractivity contribution in [1.29, 1.82) is 0 Å². The Morgan fingerprint density at radius 1 is 1.19 bits per heavy atom. The molecule has 0 spiro atoms. The Labute approximate surface area is 155 Å². The largest absolute Gasteiger partial charge is 0.573 e. The maximum absolute atomic E-state index is 12.6. The van der Waals surface area contributed by atoms with Gasteiger partial charge in [-0.25, -0.2) is 8.42 Å². The molecule has 1 aliphatic heterocycles. The Bertz CT molecular complexity index is 758. The number of piperazine rings is 1. The van der Waals surface area contributed by atoms with Gasteiger partial charge in [0.05, 0.1) is 11.4 Å². The van der Waals surface area contributed by atoms with Crippen LogP contribution in [-0.4, -0.2) is 69.2 Å². The lowest BCUT2D eigenvalue weighted by Gasteiger charge is -2.33. The van der Waals surface area contributed by atoms with Gasteiger partial charge in [0.15, 0.2) is 0 Å². The van der Waals surface area contributed by atoms with Crippen LogP contribution in [0.1, 0.15) is 0 Å². The number of carbonyl (C=O) groups is 1. The van der Waals surface area contributed by atoms with Gasteiger partial charge < -0.3 is 10.1 Å². The highest BCUT2D eigenvalue weighted by molar-refractivity contribution is 7.89. The van der Waals surface area contributed by atoms with Crippen molar-refractivity contribution in [1.82, 2.24) is 14.5 Å². The summed E-state index contributed by atoms with van der Waals surface area (Å²) in [5, 5.41) is 2.65. The quantitative estimate of drug-likeness (QED) is 0.687. The number of sulfonamides is 1. The first-order valence-electron chi connectivity index (χ1n) is 8.08. The number of alkyl halides is 3. The van der Waals surface area contributed by atoms with E-state index in [0.717, 1.165) is 24.3 Å². The van der Waals surface area contributed by atoms with Gasteiger partial charge in [-0.05, 0) is 24.3 Å². The van der Waals surface area contributed by atoms with Crippen LogP contribution in [0, 0.1) is 0 Å². The second-order valence-corrected chi connectivity index (χ2v) is 7.73. The first-order valence-corrected chi connectivity index (χ1v) is 9.52. The van der Waals surface area contributed by atoms with Gasteiger partial charge in [-0.3, -0.25) is 9.69 Å². The zero-order chi connectivity index (χ0) is 20.1. The molecule has 0 aromatic heterocycles. The summed E-state index contributed by atoms with van der Waals surface area (Å²) in [6.07, 6.45) is -3.28. The number of nitrogens with one attached hydrogen (secondary N) is 1. The molecule has 0 atom stereocenters. The van der Waals surface area contributed by atoms with Gasteiger partial charge in [0, 0.05) is 32.7 Å². The second kappa shape index (κ2) is 8.72. The molecule has 0 radical (unpaired) electrons. The van der Waals surface area contributed by atoms with Crippen LogP contribution in [0.4, 0.5) is 13.2 Å². The monoisotopic (exact) mass is 407 g/mol. The third kappa shape index (κ3) is 6.22. The van der Waals surface area contributed by atoms with Crippen LogP contribution in [0.2, 0.25) is 0 Å². The molecule has 1 N–H and O–H groups in total. The third-order valence-electron chi connectivity index (χ3n) is 3.84. The summed E-state index contributed by atoms with van der Waals surface area (Å²) in [5.74, 6) is -0.664. The number of hydrogen-bond acceptors (Lipinski definition) is 5. The summed E-state index contributed by atoms with van der Waals surface area (Å²) in [5.41, 5.74) is 0. The Hall–Kier alpha value is -2.11. The zero-order valence-electron chi connectivity index (χ0n) is 14.4. The highest BCUT2D eigenvalue weighted by atomic mass is 32.2. The molecular weight excluding hydrogens is 387 g/mol. The standard InChI is InChI=1S/C16H20F3N3O4S/c1-2-7-20-15(23)12-21-8-10-22(11-9-21)27(24,25)14-5-3-13(4-6-14)26-16(17,18)19/h2-6H,1,7-12H2,(H,20,23). The summed E-state index contributed by atoms with van der Waals surface area (Å²) < 4.78 is 66.7. The number of ether oxygens (including phenoxy) is 1. The number of halogens is 3. The fourth-order valence-corrected chi connectivity index (χ4v) is 3.96. The van der Waals surface area contributed by atoms with Crippen LogP contribution in [0.25, 0.3) is 0 Å². The van der Waals surface area contributed by atoms with Gasteiger partial charge in [0.25, 0.3) is 0 Å². The molecule has 1 aromatic carbocycles. The maximum atomic E-state index is 12.6. The van der Waals surface area contributed by atoms with Crippen molar-refractivity contribution in [3.05, 3.63) is 36.9 Å². The van der Waals surface area contributed by atoms with E-state index in [1.165, 1.54) is 4.31 Å². The fraction of sp³-hybridized carbons (Fsp3) is 0.438. The summed E-state index contributed by atoms with van der Waals surface area (Å²) >= 11 is 0. The van der Waals surface area contributed by atoms with E-state index >= 15 is 0 Å². The van der Waals surface area contributed by atoms with Gasteiger partial charge in [-0.1, -0.05) is 6.08 Å². The molecule has 1 saturated heterocycles. The summed E-state index contributed by atoms with van der Waals surface area (Å²) in [6.45, 7) is 5.12. The Morgan fingerprint density at radius 3 is 2.30 bits per heavy atom. The van der Waals surface area contributed by atoms with E-state index in [-0.39, 0.29) is 30.4 Å². The zero-order valence-corrected chi connectivity index (χ0v) is 15.2. The minimum Gasteiger partial charge on any atom is -0.406 e. The summed E-state index contributed by atoms with van der Waals surface area (Å²) in [4.78, 5) is 13.4. The molecule has 7 nitrogen and oxygen atoms in total. The van der Waals surface area contributed by atoms with Gasteiger partial charge in [0.2, 0.25) is 15.9 Å². The van der Waals surface area contributed by atoms with Crippen molar-refractivity contribution < 1.29 is 31.1 Å². The molecule has 0 bridgehead atoms. The summed E-state index contributed by atoms with van der Waals surface area (Å²) in [7, 11) is -3.83. The molecule has 1 aliphatic rings. The maximum Gasteiger partial charge on any atom is 0.573 e. The first kappa shape index (κ1) is 21.2. The molecule has 1 fully saturated rings. The van der Waals surface area contributed by atoms with Crippen molar-refractivity contribution in [2.45, 2.75) is 11.3 Å². The topological polar surface area (TPSA) is 79.0 Å². The molecule has 1 heterocycles. The van der Waals surface area contributed by atoms with E-state index in [0.29, 0.717) is 19.6 Å². The van der Waals surface area contributed by atoms with E-state index in [9.17, 15) is 26.4 Å². The molecular formula is C16H20F3N3O4S. The predicted octanol–water partition coefficient (Wildman–Crippen LogP) is 1.19. The molecule has 1 aromatic rings. The van der Waals surface area contributed by atoms with E-state index in [2.05, 4.69) is 16.6 Å². The first-order chi connectivity index (χ1) is 12.6. The summed E-state index contributed by atoms with van der Waals surface area (Å²) in [6, 6.07) is 4.07. The van der Waals surface area contributed by atoms with Crippen molar-refractivity contribution in [3.8, 4) is 5.75 Å².